The highest BCUT2D eigenvalue weighted by molar-refractivity contribution is 7.98. The van der Waals surface area contributed by atoms with E-state index in [0.717, 1.165) is 60.6 Å². The molecule has 0 aromatic heterocycles. The molecule has 4 fully saturated rings. The fourth-order valence-electron chi connectivity index (χ4n) is 4.83. The Morgan fingerprint density at radius 2 is 2.00 bits per heavy atom. The van der Waals surface area contributed by atoms with E-state index in [1.807, 2.05) is 20.8 Å². The molecule has 0 unspecified atom stereocenters. The maximum atomic E-state index is 14.2. The summed E-state index contributed by atoms with van der Waals surface area (Å²) >= 11 is 1.44. The number of nitrogens with one attached hydrogen (secondary N) is 3. The minimum absolute atomic E-state index is 0.124. The van der Waals surface area contributed by atoms with Crippen molar-refractivity contribution in [3.8, 4) is 0 Å². The number of carbonyl (C=O) groups excluding carboxylic acids is 1. The van der Waals surface area contributed by atoms with Crippen LogP contribution in [0.1, 0.15) is 59.3 Å². The maximum absolute atomic E-state index is 14.2. The van der Waals surface area contributed by atoms with E-state index in [2.05, 4.69) is 15.4 Å². The number of amidine groups is 1. The van der Waals surface area contributed by atoms with Gasteiger partial charge in [-0.15, -0.1) is 0 Å². The van der Waals surface area contributed by atoms with Crippen LogP contribution in [0.15, 0.2) is 22.0 Å². The number of amides is 1. The summed E-state index contributed by atoms with van der Waals surface area (Å²) in [4.78, 5) is 17.8. The third kappa shape index (κ3) is 3.67. The van der Waals surface area contributed by atoms with Crippen LogP contribution >= 0.6 is 11.9 Å². The van der Waals surface area contributed by atoms with Gasteiger partial charge in [0.05, 0.1) is 10.6 Å². The van der Waals surface area contributed by atoms with E-state index in [0.29, 0.717) is 5.92 Å². The Bertz CT molecular complexity index is 901. The summed E-state index contributed by atoms with van der Waals surface area (Å²) in [5, 5.41) is 6.67. The molecule has 4 aliphatic carbocycles. The Kier molecular flexibility index (Phi) is 4.11. The first-order valence-electron chi connectivity index (χ1n) is 10.3. The first-order valence-corrected chi connectivity index (χ1v) is 11.1. The molecule has 1 aromatic carbocycles. The lowest BCUT2D eigenvalue weighted by Gasteiger charge is -2.48. The third-order valence-corrected chi connectivity index (χ3v) is 6.95. The molecule has 3 N–H and O–H groups in total. The molecule has 4 saturated carbocycles. The molecule has 0 radical (unpaired) electrons. The summed E-state index contributed by atoms with van der Waals surface area (Å²) in [5.74, 6) is 1.24. The number of fused-ring (bicyclic) bond motifs is 2. The molecule has 0 atom stereocenters. The van der Waals surface area contributed by atoms with Gasteiger partial charge in [0.15, 0.2) is 0 Å². The molecule has 0 spiro atoms. The monoisotopic (exact) mass is 418 g/mol. The number of rotatable bonds is 4. The third-order valence-electron chi connectivity index (χ3n) is 6.10. The van der Waals surface area contributed by atoms with Gasteiger partial charge >= 0.3 is 6.09 Å². The van der Waals surface area contributed by atoms with Crippen LogP contribution in [0.25, 0.3) is 0 Å². The van der Waals surface area contributed by atoms with Gasteiger partial charge in [0.25, 0.3) is 0 Å². The van der Waals surface area contributed by atoms with Crippen LogP contribution in [0, 0.1) is 11.7 Å². The second-order valence-corrected chi connectivity index (χ2v) is 10.8. The minimum Gasteiger partial charge on any atom is -0.444 e. The van der Waals surface area contributed by atoms with Crippen LogP contribution in [0.4, 0.5) is 20.6 Å². The zero-order valence-electron chi connectivity index (χ0n) is 17.0. The van der Waals surface area contributed by atoms with Crippen molar-refractivity contribution >= 4 is 35.3 Å². The highest BCUT2D eigenvalue weighted by atomic mass is 32.2. The number of halogens is 1. The fourth-order valence-corrected chi connectivity index (χ4v) is 5.68. The number of ether oxygens (including phenoxy) is 1. The van der Waals surface area contributed by atoms with Gasteiger partial charge in [0.2, 0.25) is 0 Å². The SMILES string of the molecule is CC(C)(C)OC(=O)NC12CCC(Nc3cc(F)cc4c3N=C(C3CC3)NS4)(C1)C2. The molecule has 156 valence electrons. The molecule has 1 heterocycles. The normalized spacial score (nSPS) is 29.9. The number of hydrogen-bond donors (Lipinski definition) is 3. The lowest BCUT2D eigenvalue weighted by molar-refractivity contribution is 0.0390. The fraction of sp³-hybridized carbons (Fsp3) is 0.619. The van der Waals surface area contributed by atoms with Crippen molar-refractivity contribution in [2.45, 2.75) is 80.9 Å². The van der Waals surface area contributed by atoms with E-state index in [9.17, 15) is 9.18 Å². The highest BCUT2D eigenvalue weighted by Crippen LogP contribution is 2.57. The van der Waals surface area contributed by atoms with Gasteiger partial charge in [-0.2, -0.15) is 0 Å². The van der Waals surface area contributed by atoms with Gasteiger partial charge in [-0.25, -0.2) is 14.2 Å². The molecule has 2 bridgehead atoms. The van der Waals surface area contributed by atoms with Crippen LogP contribution < -0.4 is 15.4 Å². The standard InChI is InChI=1S/C21H27FN4O2S/c1-19(2,3)28-18(27)25-21-7-6-20(10-21,11-21)24-14-8-13(22)9-15-16(14)23-17(26-29-15)12-4-5-12/h8-9,12,24H,4-7,10-11H2,1-3H3,(H,23,26)(H,25,27). The molecule has 8 heteroatoms. The van der Waals surface area contributed by atoms with E-state index in [1.54, 1.807) is 6.07 Å². The van der Waals surface area contributed by atoms with Crippen molar-refractivity contribution in [1.82, 2.24) is 10.0 Å². The highest BCUT2D eigenvalue weighted by Gasteiger charge is 2.62. The van der Waals surface area contributed by atoms with Crippen molar-refractivity contribution < 1.29 is 13.9 Å². The predicted octanol–water partition coefficient (Wildman–Crippen LogP) is 4.88. The van der Waals surface area contributed by atoms with Crippen LogP contribution in [-0.4, -0.2) is 28.6 Å². The molecule has 29 heavy (non-hydrogen) atoms. The van der Waals surface area contributed by atoms with Crippen molar-refractivity contribution in [2.24, 2.45) is 10.9 Å². The lowest BCUT2D eigenvalue weighted by Crippen LogP contribution is -2.61. The second kappa shape index (κ2) is 6.27. The molecule has 0 saturated heterocycles. The molecule has 6 rings (SSSR count). The number of benzene rings is 1. The number of nitrogens with zero attached hydrogens (tertiary/aromatic N) is 1. The maximum Gasteiger partial charge on any atom is 0.408 e. The summed E-state index contributed by atoms with van der Waals surface area (Å²) in [5.41, 5.74) is 0.723. The van der Waals surface area contributed by atoms with Gasteiger partial charge in [-0.1, -0.05) is 0 Å². The Labute approximate surface area is 174 Å². The molecule has 6 nitrogen and oxygen atoms in total. The molecular formula is C21H27FN4O2S. The summed E-state index contributed by atoms with van der Waals surface area (Å²) in [6.45, 7) is 5.59. The van der Waals surface area contributed by atoms with Gasteiger partial charge < -0.3 is 20.1 Å². The second-order valence-electron chi connectivity index (χ2n) is 9.94. The summed E-state index contributed by atoms with van der Waals surface area (Å²) in [6.07, 6.45) is 5.41. The van der Waals surface area contributed by atoms with E-state index in [-0.39, 0.29) is 23.0 Å². The van der Waals surface area contributed by atoms with Crippen molar-refractivity contribution in [3.63, 3.8) is 0 Å². The number of anilines is 1. The Morgan fingerprint density at radius 1 is 1.28 bits per heavy atom. The van der Waals surface area contributed by atoms with E-state index in [4.69, 9.17) is 9.73 Å². The molecular weight excluding hydrogens is 391 g/mol. The minimum atomic E-state index is -0.512. The topological polar surface area (TPSA) is 74.8 Å². The van der Waals surface area contributed by atoms with Crippen LogP contribution in [0.2, 0.25) is 0 Å². The molecule has 1 aliphatic heterocycles. The number of alkyl carbamates (subject to hydrolysis) is 1. The van der Waals surface area contributed by atoms with E-state index in [1.165, 1.54) is 18.0 Å². The summed E-state index contributed by atoms with van der Waals surface area (Å²) in [6, 6.07) is 3.08. The molecule has 5 aliphatic rings. The van der Waals surface area contributed by atoms with Crippen molar-refractivity contribution in [2.75, 3.05) is 5.32 Å². The van der Waals surface area contributed by atoms with Crippen molar-refractivity contribution in [3.05, 3.63) is 17.9 Å². The van der Waals surface area contributed by atoms with Crippen LogP contribution in [0.5, 0.6) is 0 Å². The van der Waals surface area contributed by atoms with Crippen LogP contribution in [0.3, 0.4) is 0 Å². The Balaban J connectivity index is 1.32. The predicted molar refractivity (Wildman–Crippen MR) is 112 cm³/mol. The van der Waals surface area contributed by atoms with Crippen LogP contribution in [-0.2, 0) is 4.74 Å². The van der Waals surface area contributed by atoms with E-state index >= 15 is 0 Å². The molecule has 1 amide bonds. The lowest BCUT2D eigenvalue weighted by atomic mass is 9.71. The first kappa shape index (κ1) is 19.0. The number of aliphatic imine (C=N–C) groups is 1. The quantitative estimate of drug-likeness (QED) is 0.608. The first-order chi connectivity index (χ1) is 13.6. The summed E-state index contributed by atoms with van der Waals surface area (Å²) < 4.78 is 22.9. The average Bonchev–Trinajstić information content (AvgIpc) is 3.30. The zero-order chi connectivity index (χ0) is 20.4. The van der Waals surface area contributed by atoms with Gasteiger partial charge in [0, 0.05) is 17.0 Å². The van der Waals surface area contributed by atoms with E-state index < -0.39 is 5.60 Å². The average molecular weight is 419 g/mol. The number of carbonyl (C=O) groups is 1. The Morgan fingerprint density at radius 3 is 2.69 bits per heavy atom. The van der Waals surface area contributed by atoms with Gasteiger partial charge in [-0.05, 0) is 83.4 Å². The Hall–Kier alpha value is -1.96. The smallest absolute Gasteiger partial charge is 0.408 e. The molecule has 1 aromatic rings. The largest absolute Gasteiger partial charge is 0.444 e. The number of hydrogen-bond acceptors (Lipinski definition) is 6. The van der Waals surface area contributed by atoms with Gasteiger partial charge in [0.1, 0.15) is 22.9 Å². The summed E-state index contributed by atoms with van der Waals surface area (Å²) in [7, 11) is 0. The zero-order valence-corrected chi connectivity index (χ0v) is 17.8. The van der Waals surface area contributed by atoms with Gasteiger partial charge in [-0.3, -0.25) is 0 Å². The van der Waals surface area contributed by atoms with Crippen molar-refractivity contribution in [1.29, 1.82) is 0 Å².